The second-order valence-electron chi connectivity index (χ2n) is 6.57. The quantitative estimate of drug-likeness (QED) is 0.845. The van der Waals surface area contributed by atoms with Crippen molar-refractivity contribution in [3.63, 3.8) is 0 Å². The lowest BCUT2D eigenvalue weighted by atomic mass is 9.85. The van der Waals surface area contributed by atoms with E-state index in [1.807, 2.05) is 11.9 Å². The summed E-state index contributed by atoms with van der Waals surface area (Å²) in [4.78, 5) is 18.6. The molecular weight excluding hydrogens is 282 g/mol. The molecule has 0 aromatic carbocycles. The largest absolute Gasteiger partial charge is 0.385 e. The zero-order valence-corrected chi connectivity index (χ0v) is 13.5. The van der Waals surface area contributed by atoms with Gasteiger partial charge in [0.25, 0.3) is 5.91 Å². The lowest BCUT2D eigenvalue weighted by molar-refractivity contribution is -0.0452. The molecule has 1 amide bonds. The summed E-state index contributed by atoms with van der Waals surface area (Å²) in [7, 11) is 3.59. The minimum absolute atomic E-state index is 0.0583. The van der Waals surface area contributed by atoms with Gasteiger partial charge in [-0.15, -0.1) is 0 Å². The van der Waals surface area contributed by atoms with Crippen LogP contribution in [0.25, 0.3) is 0 Å². The highest BCUT2D eigenvalue weighted by Crippen LogP contribution is 2.38. The molecular formula is C16H25N3O3. The lowest BCUT2D eigenvalue weighted by Crippen LogP contribution is -2.50. The fourth-order valence-corrected chi connectivity index (χ4v) is 3.69. The molecule has 1 aromatic rings. The Morgan fingerprint density at radius 2 is 2.45 bits per heavy atom. The maximum Gasteiger partial charge on any atom is 0.272 e. The summed E-state index contributed by atoms with van der Waals surface area (Å²) < 4.78 is 13.1. The zero-order chi connectivity index (χ0) is 15.6. The Bertz CT molecular complexity index is 530. The van der Waals surface area contributed by atoms with Crippen LogP contribution in [-0.4, -0.2) is 59.4 Å². The van der Waals surface area contributed by atoms with E-state index >= 15 is 0 Å². The van der Waals surface area contributed by atoms with Crippen molar-refractivity contribution in [2.24, 2.45) is 13.0 Å². The number of imidazole rings is 1. The molecule has 2 fully saturated rings. The van der Waals surface area contributed by atoms with E-state index in [1.165, 1.54) is 0 Å². The molecule has 2 atom stereocenters. The van der Waals surface area contributed by atoms with E-state index in [0.29, 0.717) is 18.2 Å². The lowest BCUT2D eigenvalue weighted by Gasteiger charge is -2.39. The van der Waals surface area contributed by atoms with Crippen LogP contribution in [0.3, 0.4) is 0 Å². The van der Waals surface area contributed by atoms with Gasteiger partial charge in [-0.2, -0.15) is 0 Å². The van der Waals surface area contributed by atoms with E-state index < -0.39 is 0 Å². The van der Waals surface area contributed by atoms with Gasteiger partial charge >= 0.3 is 0 Å². The molecule has 2 aliphatic rings. The molecule has 22 heavy (non-hydrogen) atoms. The van der Waals surface area contributed by atoms with Crippen LogP contribution in [0.15, 0.2) is 12.5 Å². The maximum absolute atomic E-state index is 12.7. The number of nitrogens with zero attached hydrogens (tertiary/aromatic N) is 3. The van der Waals surface area contributed by atoms with Gasteiger partial charge in [0, 0.05) is 27.3 Å². The summed E-state index contributed by atoms with van der Waals surface area (Å²) in [6.07, 6.45) is 7.42. The molecule has 0 unspecified atom stereocenters. The molecule has 6 nitrogen and oxygen atoms in total. The third kappa shape index (κ3) is 3.03. The molecule has 2 saturated heterocycles. The highest BCUT2D eigenvalue weighted by atomic mass is 16.5. The second-order valence-corrected chi connectivity index (χ2v) is 6.57. The summed E-state index contributed by atoms with van der Waals surface area (Å²) in [6, 6.07) is 0. The number of rotatable bonds is 4. The van der Waals surface area contributed by atoms with Crippen LogP contribution in [0.4, 0.5) is 0 Å². The summed E-state index contributed by atoms with van der Waals surface area (Å²) in [5.74, 6) is 0.606. The van der Waals surface area contributed by atoms with Gasteiger partial charge < -0.3 is 18.9 Å². The molecule has 0 N–H and O–H groups in total. The van der Waals surface area contributed by atoms with Crippen LogP contribution >= 0.6 is 0 Å². The number of methoxy groups -OCH3 is 1. The first-order valence-corrected chi connectivity index (χ1v) is 8.02. The van der Waals surface area contributed by atoms with Crippen molar-refractivity contribution in [3.8, 4) is 0 Å². The second kappa shape index (κ2) is 6.38. The number of ether oxygens (including phenoxy) is 2. The van der Waals surface area contributed by atoms with Gasteiger partial charge in [-0.25, -0.2) is 4.98 Å². The number of carbonyl (C=O) groups is 1. The van der Waals surface area contributed by atoms with Crippen LogP contribution < -0.4 is 0 Å². The third-order valence-corrected chi connectivity index (χ3v) is 4.88. The van der Waals surface area contributed by atoms with Crippen molar-refractivity contribution < 1.29 is 14.3 Å². The van der Waals surface area contributed by atoms with E-state index in [1.54, 1.807) is 24.2 Å². The standard InChI is InChI=1S/C16H25N3O3/c1-18-12-17-9-14(18)15(20)19-6-3-5-16(11-19)8-13(10-22-16)4-7-21-2/h9,12-13H,3-8,10-11H2,1-2H3/t13-,16+/m1/s1. The Hall–Kier alpha value is -1.40. The zero-order valence-electron chi connectivity index (χ0n) is 13.5. The summed E-state index contributed by atoms with van der Waals surface area (Å²) >= 11 is 0. The molecule has 0 saturated carbocycles. The van der Waals surface area contributed by atoms with Crippen molar-refractivity contribution in [1.82, 2.24) is 14.5 Å². The molecule has 0 radical (unpaired) electrons. The number of hydrogen-bond acceptors (Lipinski definition) is 4. The minimum Gasteiger partial charge on any atom is -0.385 e. The molecule has 2 aliphatic heterocycles. The molecule has 122 valence electrons. The van der Waals surface area contributed by atoms with Crippen LogP contribution in [0, 0.1) is 5.92 Å². The molecule has 1 spiro atoms. The maximum atomic E-state index is 12.7. The van der Waals surface area contributed by atoms with Crippen LogP contribution in [0.5, 0.6) is 0 Å². The highest BCUT2D eigenvalue weighted by molar-refractivity contribution is 5.92. The smallest absolute Gasteiger partial charge is 0.272 e. The number of aryl methyl sites for hydroxylation is 1. The minimum atomic E-state index is -0.148. The predicted octanol–water partition coefficient (Wildman–Crippen LogP) is 1.47. The number of likely N-dealkylation sites (tertiary alicyclic amines) is 1. The highest BCUT2D eigenvalue weighted by Gasteiger charge is 2.44. The number of amides is 1. The Balaban J connectivity index is 1.65. The van der Waals surface area contributed by atoms with Crippen molar-refractivity contribution in [2.75, 3.05) is 33.4 Å². The average molecular weight is 307 g/mol. The van der Waals surface area contributed by atoms with Gasteiger partial charge in [0.1, 0.15) is 5.69 Å². The average Bonchev–Trinajstić information content (AvgIpc) is 3.11. The van der Waals surface area contributed by atoms with E-state index in [9.17, 15) is 4.79 Å². The van der Waals surface area contributed by atoms with E-state index in [-0.39, 0.29) is 11.5 Å². The topological polar surface area (TPSA) is 56.6 Å². The van der Waals surface area contributed by atoms with Gasteiger partial charge in [-0.1, -0.05) is 0 Å². The Kier molecular flexibility index (Phi) is 4.49. The first-order valence-electron chi connectivity index (χ1n) is 8.02. The molecule has 6 heteroatoms. The number of aromatic nitrogens is 2. The normalized spacial score (nSPS) is 28.5. The Labute approximate surface area is 131 Å². The number of piperidine rings is 1. The Morgan fingerprint density at radius 3 is 3.18 bits per heavy atom. The fraction of sp³-hybridized carbons (Fsp3) is 0.750. The monoisotopic (exact) mass is 307 g/mol. The van der Waals surface area contributed by atoms with Gasteiger partial charge in [-0.05, 0) is 31.6 Å². The summed E-state index contributed by atoms with van der Waals surface area (Å²) in [6.45, 7) is 3.07. The summed E-state index contributed by atoms with van der Waals surface area (Å²) in [5, 5.41) is 0. The van der Waals surface area contributed by atoms with Crippen molar-refractivity contribution >= 4 is 5.91 Å². The fourth-order valence-electron chi connectivity index (χ4n) is 3.69. The SMILES string of the molecule is COCC[C@H]1CO[C@@]2(CCCN(C(=O)c3cncn3C)C2)C1. The van der Waals surface area contributed by atoms with Gasteiger partial charge in [0.2, 0.25) is 0 Å². The van der Waals surface area contributed by atoms with Crippen LogP contribution in [0.1, 0.15) is 36.2 Å². The first-order chi connectivity index (χ1) is 10.6. The predicted molar refractivity (Wildman–Crippen MR) is 81.6 cm³/mol. The van der Waals surface area contributed by atoms with Crippen LogP contribution in [0.2, 0.25) is 0 Å². The van der Waals surface area contributed by atoms with E-state index in [2.05, 4.69) is 4.98 Å². The summed E-state index contributed by atoms with van der Waals surface area (Å²) in [5.41, 5.74) is 0.497. The van der Waals surface area contributed by atoms with Crippen molar-refractivity contribution in [1.29, 1.82) is 0 Å². The molecule has 1 aromatic heterocycles. The number of hydrogen-bond donors (Lipinski definition) is 0. The van der Waals surface area contributed by atoms with E-state index in [4.69, 9.17) is 9.47 Å². The molecule has 3 heterocycles. The molecule has 3 rings (SSSR count). The number of carbonyl (C=O) groups excluding carboxylic acids is 1. The van der Waals surface area contributed by atoms with Crippen molar-refractivity contribution in [3.05, 3.63) is 18.2 Å². The van der Waals surface area contributed by atoms with Gasteiger partial charge in [0.05, 0.1) is 31.3 Å². The van der Waals surface area contributed by atoms with Crippen molar-refractivity contribution in [2.45, 2.75) is 31.3 Å². The van der Waals surface area contributed by atoms with Gasteiger partial charge in [-0.3, -0.25) is 4.79 Å². The van der Waals surface area contributed by atoms with E-state index in [0.717, 1.165) is 45.4 Å². The Morgan fingerprint density at radius 1 is 1.59 bits per heavy atom. The third-order valence-electron chi connectivity index (χ3n) is 4.88. The molecule has 0 bridgehead atoms. The van der Waals surface area contributed by atoms with Gasteiger partial charge in [0.15, 0.2) is 0 Å². The first kappa shape index (κ1) is 15.5. The van der Waals surface area contributed by atoms with Crippen LogP contribution in [-0.2, 0) is 16.5 Å². The molecule has 0 aliphatic carbocycles.